The summed E-state index contributed by atoms with van der Waals surface area (Å²) >= 11 is 6.53. The first-order valence-electron chi connectivity index (χ1n) is 17.2. The second-order valence-corrected chi connectivity index (χ2v) is 13.9. The van der Waals surface area contributed by atoms with Gasteiger partial charge >= 0.3 is 5.69 Å². The molecule has 1 unspecified atom stereocenters. The number of fused-ring (bicyclic) bond motifs is 2. The Bertz CT molecular complexity index is 2390. The lowest BCUT2D eigenvalue weighted by Crippen LogP contribution is -2.44. The van der Waals surface area contributed by atoms with E-state index in [1.807, 2.05) is 36.4 Å². The molecule has 2 aliphatic heterocycles. The molecule has 5 heterocycles. The second kappa shape index (κ2) is 14.3. The van der Waals surface area contributed by atoms with Crippen LogP contribution in [0.15, 0.2) is 58.3 Å². The summed E-state index contributed by atoms with van der Waals surface area (Å²) in [6.07, 6.45) is 3.64. The van der Waals surface area contributed by atoms with Crippen LogP contribution >= 0.6 is 11.6 Å². The highest BCUT2D eigenvalue weighted by atomic mass is 35.5. The zero-order valence-corrected chi connectivity index (χ0v) is 30.4. The van der Waals surface area contributed by atoms with Crippen molar-refractivity contribution < 1.29 is 19.1 Å². The molecule has 1 atom stereocenters. The highest BCUT2D eigenvalue weighted by Gasteiger charge is 2.31. The quantitative estimate of drug-likeness (QED) is 0.189. The van der Waals surface area contributed by atoms with Crippen LogP contribution < -0.4 is 36.8 Å². The van der Waals surface area contributed by atoms with Gasteiger partial charge in [-0.2, -0.15) is 4.98 Å². The summed E-state index contributed by atoms with van der Waals surface area (Å²) in [5, 5.41) is 10.3. The summed E-state index contributed by atoms with van der Waals surface area (Å²) < 4.78 is 10.0. The minimum atomic E-state index is -0.734. The number of halogens is 1. The molecule has 3 N–H and O–H groups in total. The molecule has 2 fully saturated rings. The van der Waals surface area contributed by atoms with E-state index in [0.717, 1.165) is 23.9 Å². The van der Waals surface area contributed by atoms with E-state index < -0.39 is 11.9 Å². The molecule has 276 valence electrons. The molecule has 3 aromatic heterocycles. The number of nitrogens with one attached hydrogen (secondary N) is 3. The fourth-order valence-electron chi connectivity index (χ4n) is 6.78. The number of piperidine rings is 2. The molecule has 7 rings (SSSR count). The van der Waals surface area contributed by atoms with Crippen LogP contribution in [0.3, 0.4) is 0 Å². The molecule has 3 amide bonds. The standard InChI is InChI=1S/C36H39ClN10O6/c1-43(2)31(49)19-53-29-16-20-15-22(5-7-25(20)44(3)34(29)51)40-32-24(37)18-38-35(42-32)46-13-11-21(12-14-46)39-23-6-8-26-28(17-23)45(4)36(52)47(26)27-9-10-30(48)41-33(27)50/h5-8,15-18,21,27,39H,9-14,19H2,1-4H3,(H,38,40,42)(H,41,48,50). The third-order valence-electron chi connectivity index (χ3n) is 9.79. The van der Waals surface area contributed by atoms with Gasteiger partial charge in [-0.05, 0) is 61.7 Å². The number of likely N-dealkylation sites (N-methyl/N-ethyl adjacent to an activating group) is 1. The van der Waals surface area contributed by atoms with Gasteiger partial charge in [-0.25, -0.2) is 9.78 Å². The molecule has 53 heavy (non-hydrogen) atoms. The van der Waals surface area contributed by atoms with Gasteiger partial charge in [0.25, 0.3) is 11.5 Å². The van der Waals surface area contributed by atoms with Crippen LogP contribution in [0.4, 0.5) is 23.1 Å². The lowest BCUT2D eigenvalue weighted by atomic mass is 10.0. The summed E-state index contributed by atoms with van der Waals surface area (Å²) in [5.74, 6) is -0.0150. The lowest BCUT2D eigenvalue weighted by molar-refractivity contribution is -0.135. The Morgan fingerprint density at radius 1 is 0.962 bits per heavy atom. The highest BCUT2D eigenvalue weighted by molar-refractivity contribution is 6.33. The van der Waals surface area contributed by atoms with Crippen molar-refractivity contribution in [3.63, 3.8) is 0 Å². The summed E-state index contributed by atoms with van der Waals surface area (Å²) in [4.78, 5) is 75.0. The number of carbonyl (C=O) groups excluding carboxylic acids is 3. The third-order valence-corrected chi connectivity index (χ3v) is 10.1. The minimum Gasteiger partial charge on any atom is -0.478 e. The summed E-state index contributed by atoms with van der Waals surface area (Å²) in [6.45, 7) is 1.13. The van der Waals surface area contributed by atoms with Crippen molar-refractivity contribution in [2.45, 2.75) is 37.8 Å². The smallest absolute Gasteiger partial charge is 0.329 e. The number of anilines is 4. The number of benzene rings is 2. The zero-order chi connectivity index (χ0) is 37.6. The number of imide groups is 1. The van der Waals surface area contributed by atoms with Crippen molar-refractivity contribution in [1.82, 2.24) is 33.9 Å². The van der Waals surface area contributed by atoms with Crippen molar-refractivity contribution in [1.29, 1.82) is 0 Å². The Balaban J connectivity index is 1.02. The number of hydrogen-bond donors (Lipinski definition) is 3. The van der Waals surface area contributed by atoms with Crippen molar-refractivity contribution in [2.24, 2.45) is 14.1 Å². The number of ether oxygens (including phenoxy) is 1. The molecule has 2 saturated heterocycles. The fourth-order valence-corrected chi connectivity index (χ4v) is 6.92. The normalized spacial score (nSPS) is 16.5. The first-order valence-corrected chi connectivity index (χ1v) is 17.6. The number of amides is 3. The van der Waals surface area contributed by atoms with Gasteiger partial charge in [0.05, 0.1) is 22.7 Å². The van der Waals surface area contributed by atoms with Crippen LogP contribution in [0.2, 0.25) is 5.02 Å². The van der Waals surface area contributed by atoms with Crippen molar-refractivity contribution in [3.8, 4) is 5.75 Å². The fraction of sp³-hybridized carbons (Fsp3) is 0.361. The van der Waals surface area contributed by atoms with E-state index in [9.17, 15) is 24.0 Å². The molecule has 2 aromatic carbocycles. The van der Waals surface area contributed by atoms with E-state index in [1.165, 1.54) is 18.6 Å². The maximum absolute atomic E-state index is 13.2. The predicted molar refractivity (Wildman–Crippen MR) is 201 cm³/mol. The number of aromatic nitrogens is 5. The summed E-state index contributed by atoms with van der Waals surface area (Å²) in [5.41, 5.74) is 2.91. The Morgan fingerprint density at radius 3 is 2.43 bits per heavy atom. The Hall–Kier alpha value is -5.90. The van der Waals surface area contributed by atoms with E-state index in [-0.39, 0.29) is 54.3 Å². The van der Waals surface area contributed by atoms with Gasteiger partial charge in [0, 0.05) is 70.5 Å². The molecule has 16 nitrogen and oxygen atoms in total. The first-order chi connectivity index (χ1) is 25.4. The van der Waals surface area contributed by atoms with Gasteiger partial charge in [-0.1, -0.05) is 11.6 Å². The number of rotatable bonds is 9. The van der Waals surface area contributed by atoms with E-state index >= 15 is 0 Å². The van der Waals surface area contributed by atoms with Crippen LogP contribution in [0, 0.1) is 0 Å². The van der Waals surface area contributed by atoms with E-state index in [4.69, 9.17) is 21.3 Å². The topological polar surface area (TPSA) is 178 Å². The van der Waals surface area contributed by atoms with Crippen molar-refractivity contribution in [3.05, 3.63) is 74.5 Å². The highest BCUT2D eigenvalue weighted by Crippen LogP contribution is 2.30. The Kier molecular flexibility index (Phi) is 9.55. The minimum absolute atomic E-state index is 0.0719. The molecule has 0 radical (unpaired) electrons. The molecule has 0 aliphatic carbocycles. The van der Waals surface area contributed by atoms with Crippen molar-refractivity contribution in [2.75, 3.05) is 49.3 Å². The Labute approximate surface area is 308 Å². The molecule has 0 spiro atoms. The predicted octanol–water partition coefficient (Wildman–Crippen LogP) is 2.90. The van der Waals surface area contributed by atoms with Gasteiger partial charge in [0.15, 0.2) is 18.2 Å². The van der Waals surface area contributed by atoms with Crippen LogP contribution in [0.25, 0.3) is 21.9 Å². The van der Waals surface area contributed by atoms with E-state index in [2.05, 4.69) is 25.8 Å². The molecule has 0 saturated carbocycles. The number of nitrogens with zero attached hydrogens (tertiary/aromatic N) is 7. The van der Waals surface area contributed by atoms with Crippen LogP contribution in [-0.4, -0.2) is 86.1 Å². The van der Waals surface area contributed by atoms with Gasteiger partial charge < -0.3 is 29.7 Å². The Morgan fingerprint density at radius 2 is 1.70 bits per heavy atom. The van der Waals surface area contributed by atoms with Gasteiger partial charge in [-0.3, -0.25) is 33.6 Å². The average molecular weight is 743 g/mol. The van der Waals surface area contributed by atoms with Crippen molar-refractivity contribution >= 4 is 74.4 Å². The SMILES string of the molecule is CN(C)C(=O)COc1cc2cc(Nc3nc(N4CCC(Nc5ccc6c(c5)n(C)c(=O)n6C5CCC(=O)NC5=O)CC4)ncc3Cl)ccc2n(C)c1=O. The number of aryl methyl sites for hydroxylation is 2. The molecular weight excluding hydrogens is 704 g/mol. The van der Waals surface area contributed by atoms with Gasteiger partial charge in [0.2, 0.25) is 17.8 Å². The summed E-state index contributed by atoms with van der Waals surface area (Å²) in [6, 6.07) is 12.2. The molecule has 5 aromatic rings. The largest absolute Gasteiger partial charge is 0.478 e. The van der Waals surface area contributed by atoms with Crippen LogP contribution in [-0.2, 0) is 28.5 Å². The monoisotopic (exact) mass is 742 g/mol. The molecule has 0 bridgehead atoms. The number of hydrogen-bond acceptors (Lipinski definition) is 11. The van der Waals surface area contributed by atoms with E-state index in [0.29, 0.717) is 52.1 Å². The third kappa shape index (κ3) is 7.01. The lowest BCUT2D eigenvalue weighted by Gasteiger charge is -2.33. The maximum atomic E-state index is 13.2. The molecule has 2 aliphatic rings. The number of carbonyl (C=O) groups is 3. The second-order valence-electron chi connectivity index (χ2n) is 13.5. The van der Waals surface area contributed by atoms with Gasteiger partial charge in [0.1, 0.15) is 11.1 Å². The zero-order valence-electron chi connectivity index (χ0n) is 29.7. The average Bonchev–Trinajstić information content (AvgIpc) is 3.38. The van der Waals surface area contributed by atoms with Crippen LogP contribution in [0.5, 0.6) is 5.75 Å². The first kappa shape index (κ1) is 35.5. The number of imidazole rings is 1. The van der Waals surface area contributed by atoms with Crippen LogP contribution in [0.1, 0.15) is 31.7 Å². The maximum Gasteiger partial charge on any atom is 0.329 e. The molecular formula is C36H39ClN10O6. The number of pyridine rings is 1. The van der Waals surface area contributed by atoms with Gasteiger partial charge in [-0.15, -0.1) is 0 Å². The summed E-state index contributed by atoms with van der Waals surface area (Å²) in [7, 11) is 6.57. The van der Waals surface area contributed by atoms with E-state index in [1.54, 1.807) is 40.5 Å². The molecule has 17 heteroatoms.